The van der Waals surface area contributed by atoms with E-state index in [0.717, 1.165) is 22.3 Å². The van der Waals surface area contributed by atoms with Crippen molar-refractivity contribution >= 4 is 45.5 Å². The van der Waals surface area contributed by atoms with Gasteiger partial charge in [0, 0.05) is 22.5 Å². The van der Waals surface area contributed by atoms with Gasteiger partial charge in [-0.1, -0.05) is 29.2 Å². The maximum Gasteiger partial charge on any atom is 0.230 e. The average Bonchev–Trinajstić information content (AvgIpc) is 3.02. The molecule has 8 heteroatoms. The molecule has 3 aromatic heterocycles. The average molecular weight is 363 g/mol. The monoisotopic (exact) mass is 363 g/mol. The second-order valence-electron chi connectivity index (χ2n) is 5.19. The van der Waals surface area contributed by atoms with Gasteiger partial charge in [-0.3, -0.25) is 4.79 Å². The summed E-state index contributed by atoms with van der Waals surface area (Å²) in [5, 5.41) is 13.7. The van der Waals surface area contributed by atoms with Crippen LogP contribution in [-0.2, 0) is 10.5 Å². The normalized spacial score (nSPS) is 19.7. The molecule has 1 amide bonds. The number of rotatable bonds is 6. The van der Waals surface area contributed by atoms with Gasteiger partial charge in [-0.2, -0.15) is 0 Å². The number of aromatic nitrogens is 2. The van der Waals surface area contributed by atoms with Gasteiger partial charge in [0.15, 0.2) is 4.34 Å². The summed E-state index contributed by atoms with van der Waals surface area (Å²) < 4.78 is 6.22. The predicted octanol–water partition coefficient (Wildman–Crippen LogP) is 4.23. The van der Waals surface area contributed by atoms with Gasteiger partial charge in [-0.05, 0) is 30.0 Å². The molecule has 0 bridgehead atoms. The van der Waals surface area contributed by atoms with Crippen molar-refractivity contribution in [1.29, 1.82) is 0 Å². The fraction of sp³-hybridized carbons (Fsp3) is 0.267. The zero-order valence-electron chi connectivity index (χ0n) is 12.0. The van der Waals surface area contributed by atoms with Crippen LogP contribution >= 0.6 is 34.4 Å². The molecule has 118 valence electrons. The summed E-state index contributed by atoms with van der Waals surface area (Å²) in [6.07, 6.45) is 2.47. The summed E-state index contributed by atoms with van der Waals surface area (Å²) in [6, 6.07) is 7.91. The van der Waals surface area contributed by atoms with Gasteiger partial charge in [0.25, 0.3) is 0 Å². The van der Waals surface area contributed by atoms with E-state index in [4.69, 9.17) is 4.42 Å². The fourth-order valence-electron chi connectivity index (χ4n) is 2.35. The van der Waals surface area contributed by atoms with Gasteiger partial charge in [0.05, 0.1) is 6.26 Å². The van der Waals surface area contributed by atoms with E-state index in [2.05, 4.69) is 27.0 Å². The lowest BCUT2D eigenvalue weighted by Gasteiger charge is -1.98. The van der Waals surface area contributed by atoms with Crippen LogP contribution in [0.4, 0.5) is 5.13 Å². The highest BCUT2D eigenvalue weighted by atomic mass is 32.2. The van der Waals surface area contributed by atoms with Crippen molar-refractivity contribution in [2.45, 2.75) is 22.4 Å². The molecule has 0 spiro atoms. The minimum atomic E-state index is -0.0210. The van der Waals surface area contributed by atoms with Crippen molar-refractivity contribution in [3.8, 4) is 0 Å². The molecule has 1 fully saturated rings. The first-order chi connectivity index (χ1) is 11.3. The molecular weight excluding hydrogens is 350 g/mol. The summed E-state index contributed by atoms with van der Waals surface area (Å²) in [4.78, 5) is 13.5. The second-order valence-corrected chi connectivity index (χ2v) is 8.43. The number of thioether (sulfide) groups is 1. The van der Waals surface area contributed by atoms with Crippen molar-refractivity contribution in [2.24, 2.45) is 5.92 Å². The third kappa shape index (κ3) is 3.49. The van der Waals surface area contributed by atoms with E-state index in [-0.39, 0.29) is 17.7 Å². The number of nitrogens with zero attached hydrogens (tertiary/aromatic N) is 2. The van der Waals surface area contributed by atoms with E-state index in [1.54, 1.807) is 29.4 Å². The van der Waals surface area contributed by atoms with Crippen molar-refractivity contribution in [1.82, 2.24) is 10.2 Å². The smallest absolute Gasteiger partial charge is 0.230 e. The highest BCUT2D eigenvalue weighted by Gasteiger charge is 2.46. The van der Waals surface area contributed by atoms with Crippen molar-refractivity contribution in [2.75, 3.05) is 5.32 Å². The molecule has 1 aliphatic carbocycles. The molecule has 1 saturated carbocycles. The van der Waals surface area contributed by atoms with Gasteiger partial charge in [-0.15, -0.1) is 21.5 Å². The Morgan fingerprint density at radius 2 is 2.35 bits per heavy atom. The molecule has 3 heterocycles. The minimum absolute atomic E-state index is 0.00245. The van der Waals surface area contributed by atoms with E-state index in [1.807, 2.05) is 18.2 Å². The number of amides is 1. The van der Waals surface area contributed by atoms with E-state index >= 15 is 0 Å². The summed E-state index contributed by atoms with van der Waals surface area (Å²) in [5.41, 5.74) is 0. The maximum absolute atomic E-state index is 12.2. The molecule has 0 saturated heterocycles. The first-order valence-electron chi connectivity index (χ1n) is 7.12. The molecule has 1 aliphatic rings. The lowest BCUT2D eigenvalue weighted by Crippen LogP contribution is -2.14. The molecule has 2 unspecified atom stereocenters. The van der Waals surface area contributed by atoms with Gasteiger partial charge < -0.3 is 9.73 Å². The highest BCUT2D eigenvalue weighted by molar-refractivity contribution is 8.00. The number of anilines is 1. The number of nitrogens with one attached hydrogen (secondary N) is 1. The number of thiophene rings is 1. The Bertz CT molecular complexity index is 783. The Labute approximate surface area is 145 Å². The van der Waals surface area contributed by atoms with Crippen molar-refractivity contribution in [3.05, 3.63) is 46.5 Å². The van der Waals surface area contributed by atoms with E-state index < -0.39 is 0 Å². The predicted molar refractivity (Wildman–Crippen MR) is 92.0 cm³/mol. The topological polar surface area (TPSA) is 68.0 Å². The van der Waals surface area contributed by atoms with Gasteiger partial charge in [0.2, 0.25) is 11.0 Å². The van der Waals surface area contributed by atoms with Crippen LogP contribution in [0, 0.1) is 5.92 Å². The molecule has 0 aromatic carbocycles. The lowest BCUT2D eigenvalue weighted by atomic mass is 10.2. The highest BCUT2D eigenvalue weighted by Crippen LogP contribution is 2.48. The molecular formula is C15H13N3O2S3. The Balaban J connectivity index is 1.30. The van der Waals surface area contributed by atoms with Crippen LogP contribution in [0.1, 0.15) is 23.0 Å². The maximum atomic E-state index is 12.2. The molecule has 3 aromatic rings. The second kappa shape index (κ2) is 6.46. The third-order valence-corrected chi connectivity index (χ3v) is 6.67. The zero-order chi connectivity index (χ0) is 15.6. The molecule has 0 aliphatic heterocycles. The van der Waals surface area contributed by atoms with Crippen LogP contribution in [0.2, 0.25) is 0 Å². The summed E-state index contributed by atoms with van der Waals surface area (Å²) in [7, 11) is 0. The van der Waals surface area contributed by atoms with Crippen LogP contribution in [0.15, 0.2) is 44.7 Å². The fourth-order valence-corrected chi connectivity index (χ4v) is 4.87. The van der Waals surface area contributed by atoms with Gasteiger partial charge >= 0.3 is 0 Å². The number of furan rings is 1. The molecule has 2 atom stereocenters. The summed E-state index contributed by atoms with van der Waals surface area (Å²) in [6.45, 7) is 0. The largest absolute Gasteiger partial charge is 0.469 e. The number of carbonyl (C=O) groups excluding carboxylic acids is 1. The first-order valence-corrected chi connectivity index (χ1v) is 9.81. The molecule has 1 N–H and O–H groups in total. The van der Waals surface area contributed by atoms with Crippen molar-refractivity contribution < 1.29 is 9.21 Å². The molecule has 4 rings (SSSR count). The SMILES string of the molecule is O=C(Nc1nnc(SCc2cccs2)s1)C1CC1c1ccco1. The summed E-state index contributed by atoms with van der Waals surface area (Å²) >= 11 is 4.78. The van der Waals surface area contributed by atoms with Crippen LogP contribution in [0.5, 0.6) is 0 Å². The quantitative estimate of drug-likeness (QED) is 0.524. The van der Waals surface area contributed by atoms with Crippen LogP contribution in [-0.4, -0.2) is 16.1 Å². The van der Waals surface area contributed by atoms with E-state index in [1.165, 1.54) is 16.2 Å². The van der Waals surface area contributed by atoms with Crippen LogP contribution in [0.3, 0.4) is 0 Å². The minimum Gasteiger partial charge on any atom is -0.469 e. The van der Waals surface area contributed by atoms with Gasteiger partial charge in [-0.25, -0.2) is 0 Å². The summed E-state index contributed by atoms with van der Waals surface area (Å²) in [5.74, 6) is 1.94. The van der Waals surface area contributed by atoms with E-state index in [9.17, 15) is 4.79 Å². The first kappa shape index (κ1) is 14.9. The Kier molecular flexibility index (Phi) is 4.19. The number of hydrogen-bond donors (Lipinski definition) is 1. The van der Waals surface area contributed by atoms with E-state index in [0.29, 0.717) is 5.13 Å². The van der Waals surface area contributed by atoms with Gasteiger partial charge in [0.1, 0.15) is 5.76 Å². The number of hydrogen-bond acceptors (Lipinski definition) is 7. The Morgan fingerprint density at radius 3 is 3.13 bits per heavy atom. The lowest BCUT2D eigenvalue weighted by molar-refractivity contribution is -0.117. The molecule has 0 radical (unpaired) electrons. The van der Waals surface area contributed by atoms with Crippen LogP contribution in [0.25, 0.3) is 0 Å². The Hall–Kier alpha value is -1.64. The number of carbonyl (C=O) groups is 1. The standard InChI is InChI=1S/C15H13N3O2S3/c19-13(11-7-10(11)12-4-1-5-20-12)16-14-17-18-15(23-14)22-8-9-3-2-6-21-9/h1-6,10-11H,7-8H2,(H,16,17,19). The zero-order valence-corrected chi connectivity index (χ0v) is 14.4. The van der Waals surface area contributed by atoms with Crippen molar-refractivity contribution in [3.63, 3.8) is 0 Å². The molecule has 5 nitrogen and oxygen atoms in total. The third-order valence-electron chi connectivity index (χ3n) is 3.59. The Morgan fingerprint density at radius 1 is 1.39 bits per heavy atom. The molecule has 23 heavy (non-hydrogen) atoms. The van der Waals surface area contributed by atoms with Crippen LogP contribution < -0.4 is 5.32 Å².